The third-order valence-electron chi connectivity index (χ3n) is 2.55. The van der Waals surface area contributed by atoms with E-state index in [9.17, 15) is 0 Å². The first-order chi connectivity index (χ1) is 7.16. The second-order valence-corrected chi connectivity index (χ2v) is 4.35. The molecule has 0 saturated heterocycles. The highest BCUT2D eigenvalue weighted by molar-refractivity contribution is 5.45. The van der Waals surface area contributed by atoms with Gasteiger partial charge in [-0.05, 0) is 30.0 Å². The van der Waals surface area contributed by atoms with Gasteiger partial charge in [-0.3, -0.25) is 0 Å². The molecule has 0 saturated carbocycles. The van der Waals surface area contributed by atoms with E-state index in [1.807, 2.05) is 18.2 Å². The lowest BCUT2D eigenvalue weighted by molar-refractivity contribution is 0.174. The molecule has 82 valence electrons. The smallest absolute Gasteiger partial charge is 0.231 e. The van der Waals surface area contributed by atoms with Crippen LogP contribution in [0.4, 0.5) is 0 Å². The molecular formula is C12H17NO2. The van der Waals surface area contributed by atoms with Gasteiger partial charge in [0, 0.05) is 6.04 Å². The van der Waals surface area contributed by atoms with E-state index < -0.39 is 0 Å². The molecule has 0 spiro atoms. The summed E-state index contributed by atoms with van der Waals surface area (Å²) in [7, 11) is 0. The molecule has 2 N–H and O–H groups in total. The molecule has 15 heavy (non-hydrogen) atoms. The summed E-state index contributed by atoms with van der Waals surface area (Å²) >= 11 is 0. The fraction of sp³-hybridized carbons (Fsp3) is 0.500. The van der Waals surface area contributed by atoms with Crippen LogP contribution in [0.1, 0.15) is 31.9 Å². The van der Waals surface area contributed by atoms with Crippen molar-refractivity contribution in [3.05, 3.63) is 23.8 Å². The van der Waals surface area contributed by atoms with Gasteiger partial charge in [0.05, 0.1) is 0 Å². The Morgan fingerprint density at radius 1 is 1.27 bits per heavy atom. The van der Waals surface area contributed by atoms with Crippen LogP contribution in [0.25, 0.3) is 0 Å². The number of rotatable bonds is 3. The van der Waals surface area contributed by atoms with Crippen molar-refractivity contribution in [1.82, 2.24) is 0 Å². The van der Waals surface area contributed by atoms with Crippen LogP contribution >= 0.6 is 0 Å². The maximum Gasteiger partial charge on any atom is 0.231 e. The normalized spacial score (nSPS) is 15.7. The fourth-order valence-electron chi connectivity index (χ4n) is 1.79. The molecule has 0 unspecified atom stereocenters. The molecule has 1 aliphatic rings. The Balaban J connectivity index is 2.15. The van der Waals surface area contributed by atoms with Gasteiger partial charge >= 0.3 is 0 Å². The molecule has 0 bridgehead atoms. The Kier molecular flexibility index (Phi) is 2.82. The Morgan fingerprint density at radius 2 is 2.00 bits per heavy atom. The van der Waals surface area contributed by atoms with Crippen molar-refractivity contribution in [2.24, 2.45) is 11.7 Å². The van der Waals surface area contributed by atoms with Crippen LogP contribution in [0.5, 0.6) is 11.5 Å². The minimum atomic E-state index is 0.0829. The largest absolute Gasteiger partial charge is 0.454 e. The molecular weight excluding hydrogens is 190 g/mol. The molecule has 0 fully saturated rings. The molecule has 1 atom stereocenters. The van der Waals surface area contributed by atoms with Crippen LogP contribution in [0.3, 0.4) is 0 Å². The Hall–Kier alpha value is -1.22. The monoisotopic (exact) mass is 207 g/mol. The zero-order chi connectivity index (χ0) is 10.8. The number of fused-ring (bicyclic) bond motifs is 1. The van der Waals surface area contributed by atoms with E-state index in [0.717, 1.165) is 23.5 Å². The molecule has 1 heterocycles. The van der Waals surface area contributed by atoms with E-state index in [1.165, 1.54) is 0 Å². The van der Waals surface area contributed by atoms with E-state index in [2.05, 4.69) is 13.8 Å². The van der Waals surface area contributed by atoms with Crippen LogP contribution < -0.4 is 15.2 Å². The Bertz CT molecular complexity index is 349. The van der Waals surface area contributed by atoms with E-state index in [1.54, 1.807) is 0 Å². The Morgan fingerprint density at radius 3 is 2.73 bits per heavy atom. The molecule has 0 radical (unpaired) electrons. The predicted molar refractivity (Wildman–Crippen MR) is 58.9 cm³/mol. The third-order valence-corrected chi connectivity index (χ3v) is 2.55. The molecule has 3 nitrogen and oxygen atoms in total. The van der Waals surface area contributed by atoms with Crippen molar-refractivity contribution < 1.29 is 9.47 Å². The number of ether oxygens (including phenoxy) is 2. The minimum Gasteiger partial charge on any atom is -0.454 e. The van der Waals surface area contributed by atoms with Crippen LogP contribution in [0.2, 0.25) is 0 Å². The average Bonchev–Trinajstić information content (AvgIpc) is 2.62. The number of hydrogen-bond acceptors (Lipinski definition) is 3. The summed E-state index contributed by atoms with van der Waals surface area (Å²) in [5.41, 5.74) is 7.21. The van der Waals surface area contributed by atoms with Crippen molar-refractivity contribution >= 4 is 0 Å². The van der Waals surface area contributed by atoms with Crippen LogP contribution in [-0.4, -0.2) is 6.79 Å². The molecule has 1 aromatic rings. The molecule has 2 rings (SSSR count). The number of nitrogens with two attached hydrogens (primary N) is 1. The maximum absolute atomic E-state index is 6.09. The predicted octanol–water partition coefficient (Wildman–Crippen LogP) is 2.46. The van der Waals surface area contributed by atoms with Gasteiger partial charge in [0.25, 0.3) is 0 Å². The molecule has 0 aromatic heterocycles. The highest BCUT2D eigenvalue weighted by Crippen LogP contribution is 2.34. The quantitative estimate of drug-likeness (QED) is 0.828. The first kappa shape index (κ1) is 10.3. The second kappa shape index (κ2) is 4.11. The second-order valence-electron chi connectivity index (χ2n) is 4.35. The number of benzene rings is 1. The first-order valence-electron chi connectivity index (χ1n) is 5.32. The van der Waals surface area contributed by atoms with Gasteiger partial charge in [0.1, 0.15) is 0 Å². The first-order valence-corrected chi connectivity index (χ1v) is 5.32. The highest BCUT2D eigenvalue weighted by atomic mass is 16.7. The third kappa shape index (κ3) is 2.23. The van der Waals surface area contributed by atoms with Gasteiger partial charge in [0.2, 0.25) is 6.79 Å². The molecule has 0 amide bonds. The summed E-state index contributed by atoms with van der Waals surface area (Å²) in [6.07, 6.45) is 0.986. The summed E-state index contributed by atoms with van der Waals surface area (Å²) in [4.78, 5) is 0. The van der Waals surface area contributed by atoms with E-state index in [0.29, 0.717) is 12.7 Å². The molecule has 0 aliphatic carbocycles. The van der Waals surface area contributed by atoms with Crippen molar-refractivity contribution in [2.45, 2.75) is 26.3 Å². The number of hydrogen-bond donors (Lipinski definition) is 1. The summed E-state index contributed by atoms with van der Waals surface area (Å²) in [5, 5.41) is 0. The fourth-order valence-corrected chi connectivity index (χ4v) is 1.79. The standard InChI is InChI=1S/C12H17NO2/c1-8(2)5-10(13)9-3-4-11-12(6-9)15-7-14-11/h3-4,6,8,10H,5,7,13H2,1-2H3/t10-/m1/s1. The van der Waals surface area contributed by atoms with Crippen LogP contribution in [0.15, 0.2) is 18.2 Å². The maximum atomic E-state index is 6.09. The Labute approximate surface area is 90.2 Å². The van der Waals surface area contributed by atoms with Crippen molar-refractivity contribution in [2.75, 3.05) is 6.79 Å². The zero-order valence-electron chi connectivity index (χ0n) is 9.19. The van der Waals surface area contributed by atoms with Crippen molar-refractivity contribution in [1.29, 1.82) is 0 Å². The molecule has 1 aliphatic heterocycles. The van der Waals surface area contributed by atoms with E-state index >= 15 is 0 Å². The average molecular weight is 207 g/mol. The topological polar surface area (TPSA) is 44.5 Å². The molecule has 3 heteroatoms. The van der Waals surface area contributed by atoms with Gasteiger partial charge in [-0.1, -0.05) is 19.9 Å². The van der Waals surface area contributed by atoms with Gasteiger partial charge in [0.15, 0.2) is 11.5 Å². The van der Waals surface area contributed by atoms with Gasteiger partial charge in [-0.2, -0.15) is 0 Å². The lowest BCUT2D eigenvalue weighted by Crippen LogP contribution is -2.12. The summed E-state index contributed by atoms with van der Waals surface area (Å²) in [6.45, 7) is 4.66. The molecule has 1 aromatic carbocycles. The van der Waals surface area contributed by atoms with Gasteiger partial charge in [-0.15, -0.1) is 0 Å². The summed E-state index contributed by atoms with van der Waals surface area (Å²) in [5.74, 6) is 2.23. The highest BCUT2D eigenvalue weighted by Gasteiger charge is 2.16. The minimum absolute atomic E-state index is 0.0829. The lowest BCUT2D eigenvalue weighted by atomic mass is 9.98. The summed E-state index contributed by atoms with van der Waals surface area (Å²) in [6, 6.07) is 6.01. The zero-order valence-corrected chi connectivity index (χ0v) is 9.19. The van der Waals surface area contributed by atoms with Crippen molar-refractivity contribution in [3.63, 3.8) is 0 Å². The van der Waals surface area contributed by atoms with Gasteiger partial charge < -0.3 is 15.2 Å². The van der Waals surface area contributed by atoms with Crippen LogP contribution in [0, 0.1) is 5.92 Å². The van der Waals surface area contributed by atoms with Crippen LogP contribution in [-0.2, 0) is 0 Å². The van der Waals surface area contributed by atoms with Gasteiger partial charge in [-0.25, -0.2) is 0 Å². The van der Waals surface area contributed by atoms with E-state index in [4.69, 9.17) is 15.2 Å². The van der Waals surface area contributed by atoms with Crippen molar-refractivity contribution in [3.8, 4) is 11.5 Å². The lowest BCUT2D eigenvalue weighted by Gasteiger charge is -2.14. The SMILES string of the molecule is CC(C)C[C@@H](N)c1ccc2c(c1)OCO2. The van der Waals surface area contributed by atoms with E-state index in [-0.39, 0.29) is 6.04 Å². The summed E-state index contributed by atoms with van der Waals surface area (Å²) < 4.78 is 10.6.